The van der Waals surface area contributed by atoms with E-state index in [1.165, 1.54) is 11.1 Å². The minimum atomic E-state index is -0.455. The van der Waals surface area contributed by atoms with Crippen molar-refractivity contribution in [1.29, 1.82) is 0 Å². The van der Waals surface area contributed by atoms with E-state index in [1.807, 2.05) is 31.7 Å². The van der Waals surface area contributed by atoms with Gasteiger partial charge in [-0.05, 0) is 44.7 Å². The standard InChI is InChI=1S/C18H25NO3/c1-18(2,3)22-17(20)19-10-6-9-16-15(11-19)14-8-5-4-7-13(14)12-21-16/h4-5,7-8,15-16H,6,9-12H2,1-3H3. The van der Waals surface area contributed by atoms with Crippen molar-refractivity contribution >= 4 is 6.09 Å². The van der Waals surface area contributed by atoms with E-state index < -0.39 is 5.60 Å². The van der Waals surface area contributed by atoms with Crippen LogP contribution in [0.25, 0.3) is 0 Å². The fourth-order valence-corrected chi connectivity index (χ4v) is 3.35. The number of carbonyl (C=O) groups is 1. The molecule has 1 saturated heterocycles. The molecule has 0 aromatic heterocycles. The number of likely N-dealkylation sites (tertiary alicyclic amines) is 1. The second-order valence-corrected chi connectivity index (χ2v) is 7.22. The van der Waals surface area contributed by atoms with Crippen LogP contribution in [0.2, 0.25) is 0 Å². The van der Waals surface area contributed by atoms with Gasteiger partial charge in [-0.2, -0.15) is 0 Å². The summed E-state index contributed by atoms with van der Waals surface area (Å²) in [7, 11) is 0. The van der Waals surface area contributed by atoms with E-state index in [2.05, 4.69) is 18.2 Å². The van der Waals surface area contributed by atoms with Gasteiger partial charge in [-0.25, -0.2) is 4.79 Å². The Hall–Kier alpha value is -1.55. The molecule has 1 aromatic carbocycles. The summed E-state index contributed by atoms with van der Waals surface area (Å²) in [4.78, 5) is 14.3. The Kier molecular flexibility index (Phi) is 4.13. The van der Waals surface area contributed by atoms with Gasteiger partial charge in [-0.1, -0.05) is 24.3 Å². The fraction of sp³-hybridized carbons (Fsp3) is 0.611. The van der Waals surface area contributed by atoms with Crippen LogP contribution in [-0.2, 0) is 16.1 Å². The molecule has 1 aromatic rings. The average Bonchev–Trinajstić information content (AvgIpc) is 2.68. The van der Waals surface area contributed by atoms with Gasteiger partial charge in [-0.15, -0.1) is 0 Å². The molecule has 0 bridgehead atoms. The molecule has 2 aliphatic rings. The Morgan fingerprint density at radius 2 is 2.09 bits per heavy atom. The van der Waals surface area contributed by atoms with Crippen molar-refractivity contribution in [3.63, 3.8) is 0 Å². The summed E-state index contributed by atoms with van der Waals surface area (Å²) in [5.41, 5.74) is 2.12. The molecule has 2 atom stereocenters. The van der Waals surface area contributed by atoms with Crippen LogP contribution < -0.4 is 0 Å². The Morgan fingerprint density at radius 3 is 2.86 bits per heavy atom. The minimum absolute atomic E-state index is 0.210. The van der Waals surface area contributed by atoms with Gasteiger partial charge in [0.15, 0.2) is 0 Å². The van der Waals surface area contributed by atoms with E-state index in [1.54, 1.807) is 0 Å². The summed E-state index contributed by atoms with van der Waals surface area (Å²) in [6.45, 7) is 7.83. The molecule has 0 spiro atoms. The zero-order valence-corrected chi connectivity index (χ0v) is 13.7. The number of amides is 1. The fourth-order valence-electron chi connectivity index (χ4n) is 3.35. The molecule has 0 N–H and O–H groups in total. The van der Waals surface area contributed by atoms with Crippen molar-refractivity contribution < 1.29 is 14.3 Å². The van der Waals surface area contributed by atoms with Crippen LogP contribution in [0, 0.1) is 0 Å². The molecule has 4 nitrogen and oxygen atoms in total. The van der Waals surface area contributed by atoms with Crippen molar-refractivity contribution in [2.75, 3.05) is 13.1 Å². The van der Waals surface area contributed by atoms with Gasteiger partial charge in [0.1, 0.15) is 5.60 Å². The molecular weight excluding hydrogens is 278 g/mol. The molecule has 2 heterocycles. The zero-order valence-electron chi connectivity index (χ0n) is 13.7. The van der Waals surface area contributed by atoms with E-state index in [9.17, 15) is 4.79 Å². The summed E-state index contributed by atoms with van der Waals surface area (Å²) in [5, 5.41) is 0. The van der Waals surface area contributed by atoms with Crippen molar-refractivity contribution in [3.05, 3.63) is 35.4 Å². The molecular formula is C18H25NO3. The zero-order chi connectivity index (χ0) is 15.7. The molecule has 1 amide bonds. The Labute approximate surface area is 132 Å². The molecule has 2 unspecified atom stereocenters. The third-order valence-electron chi connectivity index (χ3n) is 4.34. The second-order valence-electron chi connectivity index (χ2n) is 7.22. The number of hydrogen-bond donors (Lipinski definition) is 0. The van der Waals surface area contributed by atoms with Crippen molar-refractivity contribution in [2.24, 2.45) is 0 Å². The van der Waals surface area contributed by atoms with Crippen LogP contribution in [0.5, 0.6) is 0 Å². The average molecular weight is 303 g/mol. The Bertz CT molecular complexity index is 550. The van der Waals surface area contributed by atoms with Gasteiger partial charge in [0.05, 0.1) is 12.7 Å². The van der Waals surface area contributed by atoms with Gasteiger partial charge in [0.25, 0.3) is 0 Å². The van der Waals surface area contributed by atoms with Crippen molar-refractivity contribution in [3.8, 4) is 0 Å². The number of carbonyl (C=O) groups excluding carboxylic acids is 1. The van der Waals surface area contributed by atoms with Crippen LogP contribution in [-0.4, -0.2) is 35.8 Å². The smallest absolute Gasteiger partial charge is 0.410 e. The highest BCUT2D eigenvalue weighted by molar-refractivity contribution is 5.68. The lowest BCUT2D eigenvalue weighted by Crippen LogP contribution is -2.40. The van der Waals surface area contributed by atoms with E-state index in [-0.39, 0.29) is 18.1 Å². The topological polar surface area (TPSA) is 38.8 Å². The molecule has 120 valence electrons. The third kappa shape index (κ3) is 3.27. The van der Waals surface area contributed by atoms with Gasteiger partial charge >= 0.3 is 6.09 Å². The Balaban J connectivity index is 1.80. The quantitative estimate of drug-likeness (QED) is 0.733. The first-order valence-electron chi connectivity index (χ1n) is 8.11. The molecule has 0 aliphatic carbocycles. The number of benzene rings is 1. The largest absolute Gasteiger partial charge is 0.444 e. The number of rotatable bonds is 0. The van der Waals surface area contributed by atoms with Crippen LogP contribution in [0.3, 0.4) is 0 Å². The summed E-state index contributed by atoms with van der Waals surface area (Å²) in [5.74, 6) is 0.250. The molecule has 0 saturated carbocycles. The van der Waals surface area contributed by atoms with E-state index >= 15 is 0 Å². The number of fused-ring (bicyclic) bond motifs is 3. The summed E-state index contributed by atoms with van der Waals surface area (Å²) < 4.78 is 11.6. The lowest BCUT2D eigenvalue weighted by molar-refractivity contribution is -0.000953. The number of nitrogens with zero attached hydrogens (tertiary/aromatic N) is 1. The molecule has 3 rings (SSSR count). The molecule has 1 fully saturated rings. The summed E-state index contributed by atoms with van der Waals surface area (Å²) in [6.07, 6.45) is 1.96. The molecule has 4 heteroatoms. The van der Waals surface area contributed by atoms with Crippen molar-refractivity contribution in [2.45, 2.75) is 57.8 Å². The maximum absolute atomic E-state index is 12.4. The summed E-state index contributed by atoms with van der Waals surface area (Å²) >= 11 is 0. The minimum Gasteiger partial charge on any atom is -0.444 e. The highest BCUT2D eigenvalue weighted by Gasteiger charge is 2.36. The first-order valence-corrected chi connectivity index (χ1v) is 8.11. The van der Waals surface area contributed by atoms with Crippen LogP contribution in [0.15, 0.2) is 24.3 Å². The maximum atomic E-state index is 12.4. The number of hydrogen-bond acceptors (Lipinski definition) is 3. The SMILES string of the molecule is CC(C)(C)OC(=O)N1CCCC2OCc3ccccc3C2C1. The third-order valence-corrected chi connectivity index (χ3v) is 4.34. The van der Waals surface area contributed by atoms with E-state index in [4.69, 9.17) is 9.47 Å². The Morgan fingerprint density at radius 1 is 1.32 bits per heavy atom. The predicted octanol–water partition coefficient (Wildman–Crippen LogP) is 3.70. The van der Waals surface area contributed by atoms with Gasteiger partial charge in [-0.3, -0.25) is 0 Å². The monoisotopic (exact) mass is 303 g/mol. The lowest BCUT2D eigenvalue weighted by Gasteiger charge is -2.34. The van der Waals surface area contributed by atoms with Crippen molar-refractivity contribution in [1.82, 2.24) is 4.90 Å². The maximum Gasteiger partial charge on any atom is 0.410 e. The lowest BCUT2D eigenvalue weighted by atomic mass is 9.86. The number of ether oxygens (including phenoxy) is 2. The molecule has 0 radical (unpaired) electrons. The molecule has 22 heavy (non-hydrogen) atoms. The normalized spacial score (nSPS) is 25.0. The van der Waals surface area contributed by atoms with E-state index in [0.29, 0.717) is 13.2 Å². The highest BCUT2D eigenvalue weighted by atomic mass is 16.6. The summed E-state index contributed by atoms with van der Waals surface area (Å²) in [6, 6.07) is 8.41. The van der Waals surface area contributed by atoms with Crippen LogP contribution in [0.4, 0.5) is 4.79 Å². The van der Waals surface area contributed by atoms with Gasteiger partial charge in [0, 0.05) is 19.0 Å². The van der Waals surface area contributed by atoms with Gasteiger partial charge < -0.3 is 14.4 Å². The second kappa shape index (κ2) is 5.92. The first-order chi connectivity index (χ1) is 10.4. The van der Waals surface area contributed by atoms with Gasteiger partial charge in [0.2, 0.25) is 0 Å². The molecule has 2 aliphatic heterocycles. The van der Waals surface area contributed by atoms with Crippen LogP contribution in [0.1, 0.15) is 50.7 Å². The first kappa shape index (κ1) is 15.3. The van der Waals surface area contributed by atoms with Crippen LogP contribution >= 0.6 is 0 Å². The highest BCUT2D eigenvalue weighted by Crippen LogP contribution is 2.36. The van der Waals surface area contributed by atoms with E-state index in [0.717, 1.165) is 19.4 Å². The predicted molar refractivity (Wildman–Crippen MR) is 84.8 cm³/mol.